The molecule has 2 N–H and O–H groups in total. The van der Waals surface area contributed by atoms with Crippen molar-refractivity contribution in [2.45, 2.75) is 25.4 Å². The monoisotopic (exact) mass is 309 g/mol. The molecule has 0 unspecified atom stereocenters. The lowest BCUT2D eigenvalue weighted by Crippen LogP contribution is -2.09. The van der Waals surface area contributed by atoms with E-state index in [4.69, 9.17) is 15.2 Å². The Morgan fingerprint density at radius 3 is 2.55 bits per heavy atom. The minimum absolute atomic E-state index is 0.0333. The Bertz CT molecular complexity index is 413. The molecule has 3 nitrogen and oxygen atoms in total. The van der Waals surface area contributed by atoms with Crippen molar-refractivity contribution in [2.24, 2.45) is 5.73 Å². The van der Waals surface area contributed by atoms with E-state index < -0.39 is 5.51 Å². The van der Waals surface area contributed by atoms with Crippen LogP contribution in [0.3, 0.4) is 0 Å². The molecule has 0 bridgehead atoms. The summed E-state index contributed by atoms with van der Waals surface area (Å²) >= 11 is -0.103. The van der Waals surface area contributed by atoms with Crippen LogP contribution in [0.1, 0.15) is 18.9 Å². The molecular weight excluding hydrogens is 291 g/mol. The second kappa shape index (κ2) is 8.26. The molecule has 0 spiro atoms. The smallest absolute Gasteiger partial charge is 0.441 e. The summed E-state index contributed by atoms with van der Waals surface area (Å²) in [4.78, 5) is 0. The lowest BCUT2D eigenvalue weighted by atomic mass is 10.2. The highest BCUT2D eigenvalue weighted by Gasteiger charge is 2.27. The number of rotatable bonds is 8. The first kappa shape index (κ1) is 17.0. The Balaban J connectivity index is 2.57. The third-order valence-electron chi connectivity index (χ3n) is 2.34. The normalized spacial score (nSPS) is 11.4. The number of benzene rings is 1. The van der Waals surface area contributed by atoms with Crippen molar-refractivity contribution >= 4 is 11.8 Å². The molecular formula is C13H18F3NO2S. The lowest BCUT2D eigenvalue weighted by Gasteiger charge is -2.13. The third-order valence-corrected chi connectivity index (χ3v) is 3.04. The summed E-state index contributed by atoms with van der Waals surface area (Å²) in [6, 6.07) is 5.20. The molecule has 0 fully saturated rings. The molecule has 0 aliphatic rings. The van der Waals surface area contributed by atoms with Gasteiger partial charge in [-0.2, -0.15) is 13.2 Å². The highest BCUT2D eigenvalue weighted by atomic mass is 32.2. The van der Waals surface area contributed by atoms with Gasteiger partial charge in [-0.1, -0.05) is 13.0 Å². The van der Waals surface area contributed by atoms with E-state index in [2.05, 4.69) is 0 Å². The standard InChI is InChI=1S/C13H18F3NO2S/c1-2-5-18-11-4-3-10(9-17)12(8-11)19-6-7-20-13(14,15)16/h3-4,8H,2,5-7,9,17H2,1H3. The molecule has 1 aromatic rings. The number of alkyl halides is 3. The van der Waals surface area contributed by atoms with E-state index in [0.29, 0.717) is 18.1 Å². The molecule has 0 aromatic heterocycles. The van der Waals surface area contributed by atoms with Crippen LogP contribution < -0.4 is 15.2 Å². The van der Waals surface area contributed by atoms with Gasteiger partial charge in [0.1, 0.15) is 11.5 Å². The zero-order chi connectivity index (χ0) is 15.0. The van der Waals surface area contributed by atoms with Crippen molar-refractivity contribution in [3.05, 3.63) is 23.8 Å². The maximum absolute atomic E-state index is 12.0. The predicted octanol–water partition coefficient (Wildman–Crippen LogP) is 3.57. The molecule has 0 amide bonds. The van der Waals surface area contributed by atoms with Crippen LogP contribution in [-0.2, 0) is 6.54 Å². The quantitative estimate of drug-likeness (QED) is 0.746. The van der Waals surface area contributed by atoms with Crippen molar-refractivity contribution < 1.29 is 22.6 Å². The highest BCUT2D eigenvalue weighted by Crippen LogP contribution is 2.30. The Hall–Kier alpha value is -1.08. The molecule has 1 aromatic carbocycles. The number of hydrogen-bond acceptors (Lipinski definition) is 4. The second-order valence-corrected chi connectivity index (χ2v) is 5.12. The van der Waals surface area contributed by atoms with Crippen LogP contribution in [0.5, 0.6) is 11.5 Å². The number of thioether (sulfide) groups is 1. The van der Waals surface area contributed by atoms with Crippen LogP contribution >= 0.6 is 11.8 Å². The van der Waals surface area contributed by atoms with E-state index in [1.54, 1.807) is 18.2 Å². The van der Waals surface area contributed by atoms with Crippen molar-refractivity contribution in [1.29, 1.82) is 0 Å². The summed E-state index contributed by atoms with van der Waals surface area (Å²) in [5.41, 5.74) is 2.08. The first-order valence-electron chi connectivity index (χ1n) is 6.25. The Kier molecular flexibility index (Phi) is 7.01. The fourth-order valence-electron chi connectivity index (χ4n) is 1.46. The molecule has 0 saturated carbocycles. The fourth-order valence-corrected chi connectivity index (χ4v) is 1.85. The van der Waals surface area contributed by atoms with Gasteiger partial charge in [-0.15, -0.1) is 0 Å². The van der Waals surface area contributed by atoms with E-state index in [1.807, 2.05) is 6.92 Å². The van der Waals surface area contributed by atoms with E-state index in [9.17, 15) is 13.2 Å². The van der Waals surface area contributed by atoms with Gasteiger partial charge in [-0.05, 0) is 24.2 Å². The molecule has 114 valence electrons. The summed E-state index contributed by atoms with van der Waals surface area (Å²) in [5.74, 6) is 0.944. The van der Waals surface area contributed by atoms with Crippen LogP contribution in [0.4, 0.5) is 13.2 Å². The van der Waals surface area contributed by atoms with Crippen molar-refractivity contribution in [2.75, 3.05) is 19.0 Å². The van der Waals surface area contributed by atoms with Gasteiger partial charge in [0.2, 0.25) is 0 Å². The minimum Gasteiger partial charge on any atom is -0.493 e. The molecule has 0 aliphatic carbocycles. The third kappa shape index (κ3) is 6.38. The Morgan fingerprint density at radius 1 is 1.20 bits per heavy atom. The fraction of sp³-hybridized carbons (Fsp3) is 0.538. The van der Waals surface area contributed by atoms with Gasteiger partial charge in [0, 0.05) is 23.9 Å². The van der Waals surface area contributed by atoms with Gasteiger partial charge in [-0.25, -0.2) is 0 Å². The zero-order valence-corrected chi connectivity index (χ0v) is 12.0. The predicted molar refractivity (Wildman–Crippen MR) is 74.1 cm³/mol. The van der Waals surface area contributed by atoms with E-state index in [1.165, 1.54) is 0 Å². The second-order valence-electron chi connectivity index (χ2n) is 3.96. The molecule has 0 heterocycles. The van der Waals surface area contributed by atoms with Crippen LogP contribution in [0.25, 0.3) is 0 Å². The van der Waals surface area contributed by atoms with Gasteiger partial charge in [0.25, 0.3) is 0 Å². The van der Waals surface area contributed by atoms with Crippen molar-refractivity contribution in [1.82, 2.24) is 0 Å². The number of hydrogen-bond donors (Lipinski definition) is 1. The van der Waals surface area contributed by atoms with Gasteiger partial charge >= 0.3 is 5.51 Å². The van der Waals surface area contributed by atoms with Crippen molar-refractivity contribution in [3.63, 3.8) is 0 Å². The van der Waals surface area contributed by atoms with E-state index >= 15 is 0 Å². The molecule has 20 heavy (non-hydrogen) atoms. The maximum atomic E-state index is 12.0. The lowest BCUT2D eigenvalue weighted by molar-refractivity contribution is -0.0329. The van der Waals surface area contributed by atoms with Crippen LogP contribution in [0.15, 0.2) is 18.2 Å². The number of halogens is 3. The maximum Gasteiger partial charge on any atom is 0.441 e. The molecule has 0 atom stereocenters. The van der Waals surface area contributed by atoms with Crippen LogP contribution in [0.2, 0.25) is 0 Å². The Morgan fingerprint density at radius 2 is 1.95 bits per heavy atom. The molecule has 1 rings (SSSR count). The minimum atomic E-state index is -4.23. The van der Waals surface area contributed by atoms with Crippen LogP contribution in [0, 0.1) is 0 Å². The topological polar surface area (TPSA) is 44.5 Å². The summed E-state index contributed by atoms with van der Waals surface area (Å²) in [6.45, 7) is 2.79. The van der Waals surface area contributed by atoms with Gasteiger partial charge < -0.3 is 15.2 Å². The van der Waals surface area contributed by atoms with Gasteiger partial charge in [0.05, 0.1) is 13.2 Å². The summed E-state index contributed by atoms with van der Waals surface area (Å²) in [6.07, 6.45) is 0.872. The van der Waals surface area contributed by atoms with Crippen molar-refractivity contribution in [3.8, 4) is 11.5 Å². The highest BCUT2D eigenvalue weighted by molar-refractivity contribution is 8.00. The summed E-state index contributed by atoms with van der Waals surface area (Å²) < 4.78 is 46.8. The van der Waals surface area contributed by atoms with Gasteiger partial charge in [0.15, 0.2) is 0 Å². The largest absolute Gasteiger partial charge is 0.493 e. The van der Waals surface area contributed by atoms with E-state index in [-0.39, 0.29) is 30.7 Å². The molecule has 0 aliphatic heterocycles. The number of ether oxygens (including phenoxy) is 2. The molecule has 0 radical (unpaired) electrons. The zero-order valence-electron chi connectivity index (χ0n) is 11.2. The molecule has 0 saturated heterocycles. The summed E-state index contributed by atoms with van der Waals surface area (Å²) in [5, 5.41) is 0. The summed E-state index contributed by atoms with van der Waals surface area (Å²) in [7, 11) is 0. The first-order valence-corrected chi connectivity index (χ1v) is 7.24. The average Bonchev–Trinajstić information content (AvgIpc) is 2.40. The number of nitrogens with two attached hydrogens (primary N) is 1. The average molecular weight is 309 g/mol. The van der Waals surface area contributed by atoms with Gasteiger partial charge in [-0.3, -0.25) is 0 Å². The molecule has 7 heteroatoms. The first-order chi connectivity index (χ1) is 9.46. The Labute approximate surface area is 120 Å². The van der Waals surface area contributed by atoms with Crippen LogP contribution in [-0.4, -0.2) is 24.5 Å². The van der Waals surface area contributed by atoms with E-state index in [0.717, 1.165) is 12.0 Å². The SMILES string of the molecule is CCCOc1ccc(CN)c(OCCSC(F)(F)F)c1.